The van der Waals surface area contributed by atoms with E-state index in [1.807, 2.05) is 0 Å². The van der Waals surface area contributed by atoms with E-state index in [-0.39, 0.29) is 22.7 Å². The van der Waals surface area contributed by atoms with E-state index in [0.717, 1.165) is 12.1 Å². The molecular formula is C9H9NO6. The Bertz CT molecular complexity index is 417. The summed E-state index contributed by atoms with van der Waals surface area (Å²) in [6.07, 6.45) is 0.421. The number of nitro benzene ring substituents is 1. The topological polar surface area (TPSA) is 87.9 Å². The molecule has 1 aromatic carbocycles. The molecular weight excluding hydrogens is 218 g/mol. The third kappa shape index (κ3) is 2.26. The van der Waals surface area contributed by atoms with Gasteiger partial charge in [-0.1, -0.05) is 0 Å². The summed E-state index contributed by atoms with van der Waals surface area (Å²) in [6.45, 7) is 0. The number of hydrogen-bond acceptors (Lipinski definition) is 6. The van der Waals surface area contributed by atoms with E-state index >= 15 is 0 Å². The zero-order valence-corrected chi connectivity index (χ0v) is 8.63. The Balaban J connectivity index is 3.36. The number of carbonyl (C=O) groups excluding carboxylic acids is 1. The van der Waals surface area contributed by atoms with Gasteiger partial charge in [0, 0.05) is 6.07 Å². The van der Waals surface area contributed by atoms with Crippen molar-refractivity contribution in [2.24, 2.45) is 0 Å². The van der Waals surface area contributed by atoms with Gasteiger partial charge in [0.2, 0.25) is 5.75 Å². The Morgan fingerprint density at radius 2 is 2.06 bits per heavy atom. The Morgan fingerprint density at radius 3 is 2.50 bits per heavy atom. The van der Waals surface area contributed by atoms with Crippen LogP contribution in [0.4, 0.5) is 5.69 Å². The summed E-state index contributed by atoms with van der Waals surface area (Å²) >= 11 is 0. The Kier molecular flexibility index (Phi) is 3.78. The second-order valence-electron chi connectivity index (χ2n) is 2.69. The standard InChI is InChI=1S/C9H9NO6/c1-14-8-4-7(10(12)13)3-6(5-11)9(8)16-15-2/h3-5H,1-2H3. The second kappa shape index (κ2) is 5.08. The first kappa shape index (κ1) is 11.9. The zero-order valence-electron chi connectivity index (χ0n) is 8.63. The summed E-state index contributed by atoms with van der Waals surface area (Å²) in [5.41, 5.74) is -0.282. The van der Waals surface area contributed by atoms with Gasteiger partial charge in [0.05, 0.1) is 30.8 Å². The van der Waals surface area contributed by atoms with Crippen LogP contribution in [0.5, 0.6) is 11.5 Å². The first-order chi connectivity index (χ1) is 7.63. The van der Waals surface area contributed by atoms with Crippen molar-refractivity contribution in [2.45, 2.75) is 0 Å². The van der Waals surface area contributed by atoms with E-state index < -0.39 is 4.92 Å². The Hall–Kier alpha value is -2.15. The van der Waals surface area contributed by atoms with Crippen molar-refractivity contribution in [2.75, 3.05) is 14.2 Å². The maximum atomic E-state index is 10.7. The molecule has 0 saturated heterocycles. The first-order valence-electron chi connectivity index (χ1n) is 4.16. The number of aldehydes is 1. The van der Waals surface area contributed by atoms with Gasteiger partial charge in [0.1, 0.15) is 0 Å². The number of nitrogens with zero attached hydrogens (tertiary/aromatic N) is 1. The molecule has 0 fully saturated rings. The van der Waals surface area contributed by atoms with Crippen LogP contribution in [0.1, 0.15) is 10.4 Å². The van der Waals surface area contributed by atoms with Crippen LogP contribution in [-0.4, -0.2) is 25.4 Å². The fourth-order valence-corrected chi connectivity index (χ4v) is 1.13. The van der Waals surface area contributed by atoms with Gasteiger partial charge < -0.3 is 9.62 Å². The highest BCUT2D eigenvalue weighted by molar-refractivity contribution is 5.82. The number of methoxy groups -OCH3 is 1. The highest BCUT2D eigenvalue weighted by Crippen LogP contribution is 2.34. The van der Waals surface area contributed by atoms with E-state index in [1.165, 1.54) is 14.2 Å². The van der Waals surface area contributed by atoms with Crippen molar-refractivity contribution in [3.8, 4) is 11.5 Å². The van der Waals surface area contributed by atoms with E-state index in [0.29, 0.717) is 6.29 Å². The summed E-state index contributed by atoms with van der Waals surface area (Å²) in [5, 5.41) is 10.6. The largest absolute Gasteiger partial charge is 0.492 e. The maximum Gasteiger partial charge on any atom is 0.274 e. The van der Waals surface area contributed by atoms with Gasteiger partial charge >= 0.3 is 0 Å². The number of ether oxygens (including phenoxy) is 1. The van der Waals surface area contributed by atoms with Crippen LogP contribution < -0.4 is 9.62 Å². The zero-order chi connectivity index (χ0) is 12.1. The quantitative estimate of drug-likeness (QED) is 0.326. The summed E-state index contributed by atoms with van der Waals surface area (Å²) in [7, 11) is 2.55. The number of benzene rings is 1. The van der Waals surface area contributed by atoms with Crippen molar-refractivity contribution in [1.82, 2.24) is 0 Å². The molecule has 7 nitrogen and oxygen atoms in total. The molecule has 0 bridgehead atoms. The van der Waals surface area contributed by atoms with Crippen LogP contribution in [0.25, 0.3) is 0 Å². The normalized spacial score (nSPS) is 9.62. The SMILES string of the molecule is COOc1c(C=O)cc([N+](=O)[O-])cc1OC. The Morgan fingerprint density at radius 1 is 1.38 bits per heavy atom. The monoisotopic (exact) mass is 227 g/mol. The second-order valence-corrected chi connectivity index (χ2v) is 2.69. The van der Waals surface area contributed by atoms with Crippen LogP contribution in [0, 0.1) is 10.1 Å². The summed E-state index contributed by atoms with van der Waals surface area (Å²) < 4.78 is 4.86. The lowest BCUT2D eigenvalue weighted by Crippen LogP contribution is -2.00. The molecule has 0 heterocycles. The molecule has 0 spiro atoms. The van der Waals surface area contributed by atoms with Crippen LogP contribution in [0.15, 0.2) is 12.1 Å². The molecule has 0 aliphatic carbocycles. The number of non-ortho nitro benzene ring substituents is 1. The molecule has 0 radical (unpaired) electrons. The molecule has 0 aliphatic rings. The lowest BCUT2D eigenvalue weighted by Gasteiger charge is -2.08. The van der Waals surface area contributed by atoms with Gasteiger partial charge in [-0.25, -0.2) is 0 Å². The Labute approximate surface area is 90.6 Å². The molecule has 1 aromatic rings. The van der Waals surface area contributed by atoms with Crippen LogP contribution >= 0.6 is 0 Å². The molecule has 0 aromatic heterocycles. The molecule has 0 saturated carbocycles. The predicted octanol–water partition coefficient (Wildman–Crippen LogP) is 1.36. The molecule has 0 N–H and O–H groups in total. The predicted molar refractivity (Wildman–Crippen MR) is 52.7 cm³/mol. The molecule has 86 valence electrons. The van der Waals surface area contributed by atoms with Gasteiger partial charge in [-0.3, -0.25) is 14.9 Å². The summed E-state index contributed by atoms with van der Waals surface area (Å²) in [4.78, 5) is 29.8. The number of rotatable bonds is 5. The minimum absolute atomic E-state index is 0.00519. The fraction of sp³-hybridized carbons (Fsp3) is 0.222. The van der Waals surface area contributed by atoms with E-state index in [2.05, 4.69) is 4.89 Å². The van der Waals surface area contributed by atoms with Crippen molar-refractivity contribution >= 4 is 12.0 Å². The van der Waals surface area contributed by atoms with Crippen molar-refractivity contribution in [3.63, 3.8) is 0 Å². The third-order valence-corrected chi connectivity index (χ3v) is 1.79. The lowest BCUT2D eigenvalue weighted by atomic mass is 10.2. The minimum atomic E-state index is -0.633. The first-order valence-corrected chi connectivity index (χ1v) is 4.16. The number of hydrogen-bond donors (Lipinski definition) is 0. The smallest absolute Gasteiger partial charge is 0.274 e. The molecule has 16 heavy (non-hydrogen) atoms. The van der Waals surface area contributed by atoms with Gasteiger partial charge in [-0.2, -0.15) is 4.89 Å². The summed E-state index contributed by atoms with van der Waals surface area (Å²) in [6, 6.07) is 2.21. The van der Waals surface area contributed by atoms with Crippen LogP contribution in [0.2, 0.25) is 0 Å². The van der Waals surface area contributed by atoms with Gasteiger partial charge in [-0.15, -0.1) is 0 Å². The van der Waals surface area contributed by atoms with Crippen molar-refractivity contribution in [3.05, 3.63) is 27.8 Å². The highest BCUT2D eigenvalue weighted by Gasteiger charge is 2.19. The number of nitro groups is 1. The molecule has 1 rings (SSSR count). The maximum absolute atomic E-state index is 10.7. The average molecular weight is 227 g/mol. The molecule has 0 aliphatic heterocycles. The van der Waals surface area contributed by atoms with Gasteiger partial charge in [0.15, 0.2) is 12.0 Å². The van der Waals surface area contributed by atoms with E-state index in [4.69, 9.17) is 9.62 Å². The highest BCUT2D eigenvalue weighted by atomic mass is 17.2. The van der Waals surface area contributed by atoms with Crippen LogP contribution in [-0.2, 0) is 4.89 Å². The summed E-state index contributed by atoms with van der Waals surface area (Å²) in [5.74, 6) is 0.0590. The molecule has 7 heteroatoms. The number of carbonyl (C=O) groups is 1. The fourth-order valence-electron chi connectivity index (χ4n) is 1.13. The van der Waals surface area contributed by atoms with Crippen molar-refractivity contribution < 1.29 is 24.2 Å². The van der Waals surface area contributed by atoms with Crippen molar-refractivity contribution in [1.29, 1.82) is 0 Å². The molecule has 0 atom stereocenters. The van der Waals surface area contributed by atoms with E-state index in [9.17, 15) is 14.9 Å². The molecule has 0 unspecified atom stereocenters. The van der Waals surface area contributed by atoms with E-state index in [1.54, 1.807) is 0 Å². The average Bonchev–Trinajstić information content (AvgIpc) is 2.29. The van der Waals surface area contributed by atoms with Crippen LogP contribution in [0.3, 0.4) is 0 Å². The van der Waals surface area contributed by atoms with Gasteiger partial charge in [0.25, 0.3) is 5.69 Å². The third-order valence-electron chi connectivity index (χ3n) is 1.79. The lowest BCUT2D eigenvalue weighted by molar-refractivity contribution is -0.385. The van der Waals surface area contributed by atoms with Gasteiger partial charge in [-0.05, 0) is 0 Å². The minimum Gasteiger partial charge on any atom is -0.492 e. The molecule has 0 amide bonds.